The molecule has 1 fully saturated rings. The first kappa shape index (κ1) is 18.8. The van der Waals surface area contributed by atoms with Gasteiger partial charge in [-0.15, -0.1) is 0 Å². The van der Waals surface area contributed by atoms with Crippen LogP contribution in [0.1, 0.15) is 28.9 Å². The van der Waals surface area contributed by atoms with E-state index in [9.17, 15) is 18.4 Å². The number of halogens is 2. The smallest absolute Gasteiger partial charge is 0.271 e. The highest BCUT2D eigenvalue weighted by atomic mass is 19.1. The molecule has 142 valence electrons. The number of nitrogens with zero attached hydrogens (tertiary/aromatic N) is 2. The lowest BCUT2D eigenvalue weighted by molar-refractivity contribution is -0.131. The standard InChI is InChI=1S/C19H19F2N3O3/c20-13-6-5-12(15(21)10-13)9-17(25)24-8-2-3-14(24)11-27-16-4-1-7-23-18(16)19(22)26/h1,4-7,10,14H,2-3,8-9,11H2,(H2,22,26). The molecule has 3 rings (SSSR count). The highest BCUT2D eigenvalue weighted by Crippen LogP contribution is 2.22. The van der Waals surface area contributed by atoms with Crippen molar-refractivity contribution in [2.75, 3.05) is 13.2 Å². The van der Waals surface area contributed by atoms with Gasteiger partial charge in [0, 0.05) is 18.8 Å². The summed E-state index contributed by atoms with van der Waals surface area (Å²) in [4.78, 5) is 29.5. The minimum atomic E-state index is -0.739. The fourth-order valence-electron chi connectivity index (χ4n) is 3.14. The minimum Gasteiger partial charge on any atom is -0.489 e. The van der Waals surface area contributed by atoms with E-state index in [0.29, 0.717) is 6.54 Å². The number of hydrogen-bond acceptors (Lipinski definition) is 4. The van der Waals surface area contributed by atoms with Crippen molar-refractivity contribution in [2.45, 2.75) is 25.3 Å². The first-order chi connectivity index (χ1) is 13.0. The molecule has 8 heteroatoms. The van der Waals surface area contributed by atoms with Crippen molar-refractivity contribution in [1.82, 2.24) is 9.88 Å². The van der Waals surface area contributed by atoms with Gasteiger partial charge < -0.3 is 15.4 Å². The van der Waals surface area contributed by atoms with Gasteiger partial charge in [-0.25, -0.2) is 13.8 Å². The van der Waals surface area contributed by atoms with Crippen LogP contribution in [0.25, 0.3) is 0 Å². The Balaban J connectivity index is 1.65. The van der Waals surface area contributed by atoms with E-state index in [0.717, 1.165) is 25.0 Å². The first-order valence-electron chi connectivity index (χ1n) is 8.56. The minimum absolute atomic E-state index is 0.0294. The molecule has 1 aliphatic rings. The number of carbonyl (C=O) groups is 2. The summed E-state index contributed by atoms with van der Waals surface area (Å²) in [6, 6.07) is 6.17. The maximum absolute atomic E-state index is 13.8. The van der Waals surface area contributed by atoms with Crippen LogP contribution in [-0.4, -0.2) is 40.9 Å². The van der Waals surface area contributed by atoms with Crippen LogP contribution in [-0.2, 0) is 11.2 Å². The van der Waals surface area contributed by atoms with E-state index < -0.39 is 17.5 Å². The van der Waals surface area contributed by atoms with Gasteiger partial charge in [0.1, 0.15) is 18.2 Å². The van der Waals surface area contributed by atoms with Gasteiger partial charge in [-0.3, -0.25) is 9.59 Å². The van der Waals surface area contributed by atoms with Crippen LogP contribution in [0.3, 0.4) is 0 Å². The lowest BCUT2D eigenvalue weighted by Crippen LogP contribution is -2.40. The number of rotatable bonds is 6. The fraction of sp³-hybridized carbons (Fsp3) is 0.316. The molecule has 1 aromatic carbocycles. The number of hydrogen-bond donors (Lipinski definition) is 1. The Morgan fingerprint density at radius 1 is 1.30 bits per heavy atom. The van der Waals surface area contributed by atoms with E-state index in [1.807, 2.05) is 0 Å². The van der Waals surface area contributed by atoms with Crippen molar-refractivity contribution < 1.29 is 23.1 Å². The molecular weight excluding hydrogens is 356 g/mol. The summed E-state index contributed by atoms with van der Waals surface area (Å²) in [5.74, 6) is -2.12. The fourth-order valence-corrected chi connectivity index (χ4v) is 3.14. The number of nitrogens with two attached hydrogens (primary N) is 1. The Morgan fingerprint density at radius 3 is 2.85 bits per heavy atom. The third kappa shape index (κ3) is 4.39. The third-order valence-corrected chi connectivity index (χ3v) is 4.49. The Hall–Kier alpha value is -3.03. The largest absolute Gasteiger partial charge is 0.489 e. The van der Waals surface area contributed by atoms with Crippen molar-refractivity contribution in [2.24, 2.45) is 5.73 Å². The molecule has 1 saturated heterocycles. The molecule has 6 nitrogen and oxygen atoms in total. The first-order valence-corrected chi connectivity index (χ1v) is 8.56. The average Bonchev–Trinajstić information content (AvgIpc) is 3.11. The molecule has 27 heavy (non-hydrogen) atoms. The van der Waals surface area contributed by atoms with Crippen LogP contribution in [0.2, 0.25) is 0 Å². The van der Waals surface area contributed by atoms with Crippen LogP contribution in [0.4, 0.5) is 8.78 Å². The topological polar surface area (TPSA) is 85.5 Å². The number of pyridine rings is 1. The predicted molar refractivity (Wildman–Crippen MR) is 93.0 cm³/mol. The normalized spacial score (nSPS) is 16.4. The number of ether oxygens (including phenoxy) is 1. The van der Waals surface area contributed by atoms with E-state index in [1.54, 1.807) is 17.0 Å². The molecule has 0 aliphatic carbocycles. The van der Waals surface area contributed by atoms with Crippen LogP contribution >= 0.6 is 0 Å². The predicted octanol–water partition coefficient (Wildman–Crippen LogP) is 2.07. The van der Waals surface area contributed by atoms with E-state index in [-0.39, 0.29) is 42.0 Å². The number of primary amides is 1. The summed E-state index contributed by atoms with van der Waals surface area (Å²) < 4.78 is 32.5. The molecule has 2 N–H and O–H groups in total. The second-order valence-electron chi connectivity index (χ2n) is 6.32. The number of aromatic nitrogens is 1. The SMILES string of the molecule is NC(=O)c1ncccc1OCC1CCCN1C(=O)Cc1ccc(F)cc1F. The van der Waals surface area contributed by atoms with Gasteiger partial charge in [0.25, 0.3) is 5.91 Å². The van der Waals surface area contributed by atoms with Crippen molar-refractivity contribution in [3.05, 3.63) is 59.4 Å². The summed E-state index contributed by atoms with van der Waals surface area (Å²) in [6.07, 6.45) is 2.81. The number of likely N-dealkylation sites (tertiary alicyclic amines) is 1. The van der Waals surface area contributed by atoms with Crippen LogP contribution in [0, 0.1) is 11.6 Å². The van der Waals surface area contributed by atoms with Gasteiger partial charge in [0.15, 0.2) is 11.4 Å². The highest BCUT2D eigenvalue weighted by Gasteiger charge is 2.30. The Morgan fingerprint density at radius 2 is 2.11 bits per heavy atom. The van der Waals surface area contributed by atoms with Gasteiger partial charge in [0.2, 0.25) is 5.91 Å². The second kappa shape index (κ2) is 8.11. The Labute approximate surface area is 154 Å². The Kier molecular flexibility index (Phi) is 5.63. The maximum Gasteiger partial charge on any atom is 0.271 e. The van der Waals surface area contributed by atoms with Crippen molar-refractivity contribution in [3.8, 4) is 5.75 Å². The van der Waals surface area contributed by atoms with E-state index in [2.05, 4.69) is 4.98 Å². The lowest BCUT2D eigenvalue weighted by atomic mass is 10.1. The van der Waals surface area contributed by atoms with Crippen LogP contribution < -0.4 is 10.5 Å². The molecule has 1 atom stereocenters. The van der Waals surface area contributed by atoms with Gasteiger partial charge in [-0.1, -0.05) is 6.07 Å². The van der Waals surface area contributed by atoms with Gasteiger partial charge in [-0.05, 0) is 36.6 Å². The van der Waals surface area contributed by atoms with E-state index in [1.165, 1.54) is 12.3 Å². The highest BCUT2D eigenvalue weighted by molar-refractivity contribution is 5.93. The molecule has 1 unspecified atom stereocenters. The van der Waals surface area contributed by atoms with Gasteiger partial charge >= 0.3 is 0 Å². The number of amides is 2. The third-order valence-electron chi connectivity index (χ3n) is 4.49. The molecular formula is C19H19F2N3O3. The quantitative estimate of drug-likeness (QED) is 0.838. The summed E-state index contributed by atoms with van der Waals surface area (Å²) >= 11 is 0. The number of benzene rings is 1. The molecule has 1 aliphatic heterocycles. The zero-order chi connectivity index (χ0) is 19.4. The van der Waals surface area contributed by atoms with E-state index >= 15 is 0 Å². The summed E-state index contributed by atoms with van der Waals surface area (Å²) in [5.41, 5.74) is 5.46. The van der Waals surface area contributed by atoms with Gasteiger partial charge in [0.05, 0.1) is 12.5 Å². The van der Waals surface area contributed by atoms with Gasteiger partial charge in [-0.2, -0.15) is 0 Å². The molecule has 2 heterocycles. The zero-order valence-corrected chi connectivity index (χ0v) is 14.5. The molecule has 0 spiro atoms. The average molecular weight is 375 g/mol. The maximum atomic E-state index is 13.8. The summed E-state index contributed by atoms with van der Waals surface area (Å²) in [7, 11) is 0. The number of carbonyl (C=O) groups excluding carboxylic acids is 2. The Bertz CT molecular complexity index is 860. The van der Waals surface area contributed by atoms with E-state index in [4.69, 9.17) is 10.5 Å². The molecule has 2 aromatic rings. The second-order valence-corrected chi connectivity index (χ2v) is 6.32. The van der Waals surface area contributed by atoms with Crippen LogP contribution in [0.5, 0.6) is 5.75 Å². The molecule has 2 amide bonds. The monoisotopic (exact) mass is 375 g/mol. The van der Waals surface area contributed by atoms with Crippen molar-refractivity contribution >= 4 is 11.8 Å². The molecule has 1 aromatic heterocycles. The summed E-state index contributed by atoms with van der Waals surface area (Å²) in [5, 5.41) is 0. The molecule has 0 radical (unpaired) electrons. The molecule has 0 bridgehead atoms. The lowest BCUT2D eigenvalue weighted by Gasteiger charge is -2.25. The molecule has 0 saturated carbocycles. The van der Waals surface area contributed by atoms with Crippen LogP contribution in [0.15, 0.2) is 36.5 Å². The summed E-state index contributed by atoms with van der Waals surface area (Å²) in [6.45, 7) is 0.703. The van der Waals surface area contributed by atoms with Crippen molar-refractivity contribution in [3.63, 3.8) is 0 Å². The zero-order valence-electron chi connectivity index (χ0n) is 14.5. The van der Waals surface area contributed by atoms with Crippen molar-refractivity contribution in [1.29, 1.82) is 0 Å².